The van der Waals surface area contributed by atoms with Gasteiger partial charge < -0.3 is 9.47 Å². The molecule has 0 amide bonds. The molecule has 0 bridgehead atoms. The molecule has 2 heteroatoms. The van der Waals surface area contributed by atoms with Crippen LogP contribution in [-0.4, -0.2) is 4.57 Å². The van der Waals surface area contributed by atoms with Crippen LogP contribution >= 0.6 is 0 Å². The Labute approximate surface area is 340 Å². The highest BCUT2D eigenvalue weighted by Gasteiger charge is 2.46. The second kappa shape index (κ2) is 14.6. The molecule has 8 aromatic carbocycles. The normalized spacial score (nSPS) is 14.6. The number of nitrogens with zero attached hydrogens (tertiary/aromatic N) is 2. The third kappa shape index (κ3) is 5.64. The van der Waals surface area contributed by atoms with E-state index in [2.05, 4.69) is 234 Å². The Kier molecular flexibility index (Phi) is 8.81. The molecular weight excluding hydrogens is 701 g/mol. The zero-order valence-corrected chi connectivity index (χ0v) is 32.5. The van der Waals surface area contributed by atoms with Crippen molar-refractivity contribution in [2.45, 2.75) is 12.3 Å². The molecule has 1 atom stereocenters. The molecule has 0 N–H and O–H groups in total. The van der Waals surface area contributed by atoms with Crippen LogP contribution in [0.2, 0.25) is 0 Å². The zero-order valence-electron chi connectivity index (χ0n) is 32.5. The van der Waals surface area contributed by atoms with E-state index < -0.39 is 5.41 Å². The monoisotopic (exact) mass is 742 g/mol. The van der Waals surface area contributed by atoms with Gasteiger partial charge in [0.1, 0.15) is 0 Å². The van der Waals surface area contributed by atoms with Crippen LogP contribution in [-0.2, 0) is 5.41 Å². The summed E-state index contributed by atoms with van der Waals surface area (Å²) in [6.07, 6.45) is 8.39. The highest BCUT2D eigenvalue weighted by molar-refractivity contribution is 6.10. The van der Waals surface area contributed by atoms with Crippen molar-refractivity contribution in [3.8, 4) is 27.9 Å². The lowest BCUT2D eigenvalue weighted by Crippen LogP contribution is -2.28. The van der Waals surface area contributed by atoms with Gasteiger partial charge >= 0.3 is 0 Å². The molecule has 0 spiro atoms. The maximum atomic E-state index is 4.73. The smallest absolute Gasteiger partial charge is 0.0707 e. The number of benzene rings is 8. The molecule has 1 unspecified atom stereocenters. The third-order valence-electron chi connectivity index (χ3n) is 11.7. The fourth-order valence-electron chi connectivity index (χ4n) is 9.18. The van der Waals surface area contributed by atoms with Crippen molar-refractivity contribution in [2.75, 3.05) is 4.90 Å². The van der Waals surface area contributed by atoms with E-state index in [1.165, 1.54) is 60.8 Å². The zero-order chi connectivity index (χ0) is 39.1. The van der Waals surface area contributed by atoms with E-state index in [9.17, 15) is 0 Å². The van der Waals surface area contributed by atoms with E-state index in [0.717, 1.165) is 28.3 Å². The number of rotatable bonds is 9. The number of allylic oxidation sites excluding steroid dienone is 5. The SMILES string of the molecule is C=C(/C=C\C=C/C)C1(c2ccccc2)c2ccccc2-c2cc(-c3ccc(N(c4ccccc4)c4ccc5c6ccccc6n(-c6ccccc6)c5c4)cc3)ccc21. The summed E-state index contributed by atoms with van der Waals surface area (Å²) in [6, 6.07) is 72.6. The van der Waals surface area contributed by atoms with Crippen molar-refractivity contribution in [1.82, 2.24) is 4.57 Å². The van der Waals surface area contributed by atoms with Gasteiger partial charge in [-0.25, -0.2) is 0 Å². The van der Waals surface area contributed by atoms with Gasteiger partial charge in [0.2, 0.25) is 0 Å². The fourth-order valence-corrected chi connectivity index (χ4v) is 9.18. The van der Waals surface area contributed by atoms with Gasteiger partial charge in [0.25, 0.3) is 0 Å². The minimum atomic E-state index is -0.503. The van der Waals surface area contributed by atoms with Crippen LogP contribution in [0, 0.1) is 0 Å². The van der Waals surface area contributed by atoms with Gasteiger partial charge in [-0.15, -0.1) is 0 Å². The van der Waals surface area contributed by atoms with E-state index in [0.29, 0.717) is 0 Å². The van der Waals surface area contributed by atoms with Crippen LogP contribution in [0.1, 0.15) is 23.6 Å². The van der Waals surface area contributed by atoms with Gasteiger partial charge in [-0.1, -0.05) is 170 Å². The molecule has 2 nitrogen and oxygen atoms in total. The number of para-hydroxylation sites is 3. The summed E-state index contributed by atoms with van der Waals surface area (Å²) in [6.45, 7) is 6.77. The molecule has 1 aliphatic carbocycles. The molecule has 0 aliphatic heterocycles. The molecular formula is C56H42N2. The number of hydrogen-bond donors (Lipinski definition) is 0. The van der Waals surface area contributed by atoms with Crippen LogP contribution in [0.25, 0.3) is 49.7 Å². The minimum Gasteiger partial charge on any atom is -0.310 e. The summed E-state index contributed by atoms with van der Waals surface area (Å²) in [4.78, 5) is 2.36. The molecule has 0 saturated heterocycles. The predicted molar refractivity (Wildman–Crippen MR) is 246 cm³/mol. The Morgan fingerprint density at radius 1 is 0.500 bits per heavy atom. The second-order valence-corrected chi connectivity index (χ2v) is 14.9. The standard InChI is InChI=1S/C56H42N2/c1-3-4-8-19-40(2)56(43-20-9-5-10-21-43)52-28-17-15-26-48(52)51-38-42(32-37-53(51)56)41-30-33-46(34-31-41)57(44-22-11-6-12-23-44)47-35-36-50-49-27-16-18-29-54(49)58(55(50)39-47)45-24-13-7-14-25-45/h3-39H,2H2,1H3/b4-3-,19-8-. The Bertz CT molecular complexity index is 3010. The topological polar surface area (TPSA) is 8.17 Å². The highest BCUT2D eigenvalue weighted by atomic mass is 15.1. The molecule has 1 aromatic heterocycles. The van der Waals surface area contributed by atoms with Gasteiger partial charge in [-0.3, -0.25) is 0 Å². The lowest BCUT2D eigenvalue weighted by atomic mass is 9.67. The summed E-state index contributed by atoms with van der Waals surface area (Å²) < 4.78 is 2.38. The predicted octanol–water partition coefficient (Wildman–Crippen LogP) is 14.9. The van der Waals surface area contributed by atoms with Gasteiger partial charge in [0.05, 0.1) is 16.4 Å². The third-order valence-corrected chi connectivity index (χ3v) is 11.7. The van der Waals surface area contributed by atoms with Crippen molar-refractivity contribution in [1.29, 1.82) is 0 Å². The molecule has 10 rings (SSSR count). The van der Waals surface area contributed by atoms with E-state index in [-0.39, 0.29) is 0 Å². The maximum absolute atomic E-state index is 4.73. The van der Waals surface area contributed by atoms with Gasteiger partial charge in [-0.2, -0.15) is 0 Å². The molecule has 0 fully saturated rings. The van der Waals surface area contributed by atoms with E-state index in [1.54, 1.807) is 0 Å². The molecule has 9 aromatic rings. The Hall–Kier alpha value is -7.42. The lowest BCUT2D eigenvalue weighted by Gasteiger charge is -2.34. The first-order valence-corrected chi connectivity index (χ1v) is 20.0. The summed E-state index contributed by atoms with van der Waals surface area (Å²) in [5.74, 6) is 0. The maximum Gasteiger partial charge on any atom is 0.0707 e. The number of fused-ring (bicyclic) bond motifs is 6. The first-order chi connectivity index (χ1) is 28.7. The van der Waals surface area contributed by atoms with Gasteiger partial charge in [0.15, 0.2) is 0 Å². The van der Waals surface area contributed by atoms with Crippen LogP contribution in [0.5, 0.6) is 0 Å². The first kappa shape index (κ1) is 35.0. The van der Waals surface area contributed by atoms with E-state index >= 15 is 0 Å². The summed E-state index contributed by atoms with van der Waals surface area (Å²) in [5.41, 5.74) is 15.9. The molecule has 1 heterocycles. The quantitative estimate of drug-likeness (QED) is 0.134. The van der Waals surface area contributed by atoms with Crippen molar-refractivity contribution < 1.29 is 0 Å². The van der Waals surface area contributed by atoms with Crippen LogP contribution in [0.3, 0.4) is 0 Å². The Balaban J connectivity index is 1.08. The lowest BCUT2D eigenvalue weighted by molar-refractivity contribution is 0.770. The number of hydrogen-bond acceptors (Lipinski definition) is 1. The van der Waals surface area contributed by atoms with Crippen molar-refractivity contribution in [3.63, 3.8) is 0 Å². The highest BCUT2D eigenvalue weighted by Crippen LogP contribution is 2.57. The van der Waals surface area contributed by atoms with E-state index in [1.807, 2.05) is 6.92 Å². The average molecular weight is 743 g/mol. The molecule has 276 valence electrons. The van der Waals surface area contributed by atoms with Crippen molar-refractivity contribution in [3.05, 3.63) is 253 Å². The average Bonchev–Trinajstić information content (AvgIpc) is 3.78. The van der Waals surface area contributed by atoms with Crippen molar-refractivity contribution >= 4 is 38.9 Å². The fraction of sp³-hybridized carbons (Fsp3) is 0.0357. The first-order valence-electron chi connectivity index (χ1n) is 20.0. The second-order valence-electron chi connectivity index (χ2n) is 14.9. The molecule has 58 heavy (non-hydrogen) atoms. The summed E-state index contributed by atoms with van der Waals surface area (Å²) >= 11 is 0. The van der Waals surface area contributed by atoms with Crippen LogP contribution in [0.15, 0.2) is 237 Å². The minimum absolute atomic E-state index is 0.503. The Morgan fingerprint density at radius 3 is 1.88 bits per heavy atom. The molecule has 1 aliphatic rings. The van der Waals surface area contributed by atoms with Gasteiger partial charge in [-0.05, 0) is 112 Å². The molecule has 0 radical (unpaired) electrons. The number of aromatic nitrogens is 1. The van der Waals surface area contributed by atoms with Crippen LogP contribution in [0.4, 0.5) is 17.1 Å². The Morgan fingerprint density at radius 2 is 1.10 bits per heavy atom. The number of anilines is 3. The van der Waals surface area contributed by atoms with Crippen molar-refractivity contribution in [2.24, 2.45) is 0 Å². The van der Waals surface area contributed by atoms with Gasteiger partial charge in [0, 0.05) is 33.5 Å². The summed E-state index contributed by atoms with van der Waals surface area (Å²) in [7, 11) is 0. The van der Waals surface area contributed by atoms with Crippen LogP contribution < -0.4 is 4.90 Å². The largest absolute Gasteiger partial charge is 0.310 e. The molecule has 0 saturated carbocycles. The van der Waals surface area contributed by atoms with E-state index in [4.69, 9.17) is 6.58 Å². The summed E-state index contributed by atoms with van der Waals surface area (Å²) in [5, 5.41) is 2.48.